The van der Waals surface area contributed by atoms with E-state index in [0.29, 0.717) is 11.8 Å². The van der Waals surface area contributed by atoms with Crippen molar-refractivity contribution in [1.82, 2.24) is 0 Å². The molecule has 0 unspecified atom stereocenters. The van der Waals surface area contributed by atoms with Crippen LogP contribution < -0.4 is 0 Å². The van der Waals surface area contributed by atoms with Crippen LogP contribution in [-0.2, 0) is 0 Å². The van der Waals surface area contributed by atoms with Crippen LogP contribution in [0.3, 0.4) is 0 Å². The van der Waals surface area contributed by atoms with Crippen molar-refractivity contribution in [2.24, 2.45) is 0 Å². The number of furan rings is 1. The Kier molecular flexibility index (Phi) is 5.33. The highest BCUT2D eigenvalue weighted by Gasteiger charge is 1.98. The second-order valence-corrected chi connectivity index (χ2v) is 5.32. The summed E-state index contributed by atoms with van der Waals surface area (Å²) >= 11 is 1.83. The van der Waals surface area contributed by atoms with E-state index in [0.717, 1.165) is 5.76 Å². The molecule has 0 atom stereocenters. The average molecular weight is 236 g/mol. The molecule has 0 bridgehead atoms. The molecule has 16 heavy (non-hydrogen) atoms. The van der Waals surface area contributed by atoms with Gasteiger partial charge in [-0.15, -0.1) is 11.3 Å². The first-order valence-electron chi connectivity index (χ1n) is 5.68. The third kappa shape index (κ3) is 4.23. The second kappa shape index (κ2) is 6.54. The van der Waals surface area contributed by atoms with E-state index in [1.165, 1.54) is 4.88 Å². The van der Waals surface area contributed by atoms with Crippen molar-refractivity contribution in [3.8, 4) is 0 Å². The van der Waals surface area contributed by atoms with Gasteiger partial charge in [0.25, 0.3) is 0 Å². The van der Waals surface area contributed by atoms with Gasteiger partial charge in [-0.05, 0) is 29.5 Å². The summed E-state index contributed by atoms with van der Waals surface area (Å²) in [6.07, 6.45) is 1.70. The molecule has 0 aliphatic rings. The monoisotopic (exact) mass is 236 g/mol. The number of hydrogen-bond acceptors (Lipinski definition) is 2. The highest BCUT2D eigenvalue weighted by atomic mass is 32.1. The van der Waals surface area contributed by atoms with E-state index in [1.807, 2.05) is 23.5 Å². The van der Waals surface area contributed by atoms with Crippen molar-refractivity contribution >= 4 is 11.3 Å². The van der Waals surface area contributed by atoms with E-state index >= 15 is 0 Å². The number of thiophene rings is 1. The van der Waals surface area contributed by atoms with Gasteiger partial charge in [0.2, 0.25) is 0 Å². The molecule has 0 radical (unpaired) electrons. The molecule has 88 valence electrons. The zero-order valence-electron chi connectivity index (χ0n) is 10.4. The SMILES string of the molecule is CC(C)c1ccco1.CC(C)c1cccs1. The Morgan fingerprint density at radius 2 is 1.75 bits per heavy atom. The minimum Gasteiger partial charge on any atom is -0.469 e. The Labute approximate surface area is 102 Å². The lowest BCUT2D eigenvalue weighted by molar-refractivity contribution is 0.487. The van der Waals surface area contributed by atoms with Gasteiger partial charge >= 0.3 is 0 Å². The first-order valence-corrected chi connectivity index (χ1v) is 6.56. The molecule has 2 heteroatoms. The van der Waals surface area contributed by atoms with Crippen molar-refractivity contribution in [3.05, 3.63) is 46.5 Å². The van der Waals surface area contributed by atoms with Crippen LogP contribution in [0.4, 0.5) is 0 Å². The first-order chi connectivity index (χ1) is 7.61. The Balaban J connectivity index is 0.000000160. The molecule has 0 N–H and O–H groups in total. The van der Waals surface area contributed by atoms with Crippen LogP contribution in [0.1, 0.15) is 50.2 Å². The largest absolute Gasteiger partial charge is 0.469 e. The molecule has 0 aliphatic carbocycles. The predicted octanol–water partition coefficient (Wildman–Crippen LogP) is 5.27. The minimum atomic E-state index is 0.519. The smallest absolute Gasteiger partial charge is 0.106 e. The molecule has 0 saturated carbocycles. The molecule has 0 aliphatic heterocycles. The lowest BCUT2D eigenvalue weighted by Crippen LogP contribution is -1.79. The van der Waals surface area contributed by atoms with Crippen LogP contribution in [0.15, 0.2) is 40.3 Å². The molecule has 0 fully saturated rings. The summed E-state index contributed by atoms with van der Waals surface area (Å²) in [4.78, 5) is 1.48. The fourth-order valence-corrected chi connectivity index (χ4v) is 1.98. The summed E-state index contributed by atoms with van der Waals surface area (Å²) in [5.41, 5.74) is 0. The molecule has 2 aromatic heterocycles. The molecular weight excluding hydrogens is 216 g/mol. The Bertz CT molecular complexity index is 319. The summed E-state index contributed by atoms with van der Waals surface area (Å²) < 4.78 is 5.09. The summed E-state index contributed by atoms with van der Waals surface area (Å²) in [5.74, 6) is 2.28. The third-order valence-corrected chi connectivity index (χ3v) is 3.40. The Morgan fingerprint density at radius 1 is 1.00 bits per heavy atom. The maximum atomic E-state index is 5.09. The van der Waals surface area contributed by atoms with Gasteiger partial charge in [0.05, 0.1) is 6.26 Å². The molecule has 2 aromatic rings. The van der Waals surface area contributed by atoms with Crippen LogP contribution in [0.25, 0.3) is 0 Å². The van der Waals surface area contributed by atoms with Crippen LogP contribution in [-0.4, -0.2) is 0 Å². The summed E-state index contributed by atoms with van der Waals surface area (Å²) in [5, 5.41) is 2.12. The van der Waals surface area contributed by atoms with E-state index in [-0.39, 0.29) is 0 Å². The van der Waals surface area contributed by atoms with E-state index in [9.17, 15) is 0 Å². The van der Waals surface area contributed by atoms with E-state index in [4.69, 9.17) is 4.42 Å². The quantitative estimate of drug-likeness (QED) is 0.692. The van der Waals surface area contributed by atoms with E-state index in [2.05, 4.69) is 45.2 Å². The minimum absolute atomic E-state index is 0.519. The Morgan fingerprint density at radius 3 is 2.00 bits per heavy atom. The zero-order valence-corrected chi connectivity index (χ0v) is 11.3. The van der Waals surface area contributed by atoms with Crippen molar-refractivity contribution < 1.29 is 4.42 Å². The van der Waals surface area contributed by atoms with E-state index < -0.39 is 0 Å². The van der Waals surface area contributed by atoms with Crippen LogP contribution in [0, 0.1) is 0 Å². The standard InChI is InChI=1S/C7H10O.C7H10S/c2*1-6(2)7-4-3-5-8-7/h2*3-6H,1-2H3. The van der Waals surface area contributed by atoms with Crippen molar-refractivity contribution in [2.45, 2.75) is 39.5 Å². The van der Waals surface area contributed by atoms with Gasteiger partial charge in [0, 0.05) is 10.8 Å². The number of hydrogen-bond donors (Lipinski definition) is 0. The van der Waals surface area contributed by atoms with Crippen LogP contribution in [0.5, 0.6) is 0 Å². The average Bonchev–Trinajstić information content (AvgIpc) is 2.93. The van der Waals surface area contributed by atoms with Gasteiger partial charge in [0.15, 0.2) is 0 Å². The highest BCUT2D eigenvalue weighted by molar-refractivity contribution is 7.10. The van der Waals surface area contributed by atoms with Crippen molar-refractivity contribution in [2.75, 3.05) is 0 Å². The topological polar surface area (TPSA) is 13.1 Å². The van der Waals surface area contributed by atoms with Gasteiger partial charge in [-0.3, -0.25) is 0 Å². The third-order valence-electron chi connectivity index (χ3n) is 2.22. The molecule has 0 aromatic carbocycles. The predicted molar refractivity (Wildman–Crippen MR) is 71.2 cm³/mol. The second-order valence-electron chi connectivity index (χ2n) is 4.34. The summed E-state index contributed by atoms with van der Waals surface area (Å²) in [6, 6.07) is 8.18. The van der Waals surface area contributed by atoms with Gasteiger partial charge in [0.1, 0.15) is 5.76 Å². The van der Waals surface area contributed by atoms with Crippen molar-refractivity contribution in [3.63, 3.8) is 0 Å². The first kappa shape index (κ1) is 13.0. The summed E-state index contributed by atoms with van der Waals surface area (Å²) in [6.45, 7) is 8.65. The fourth-order valence-electron chi connectivity index (χ4n) is 1.24. The number of rotatable bonds is 2. The maximum absolute atomic E-state index is 5.09. The van der Waals surface area contributed by atoms with Crippen LogP contribution in [0.2, 0.25) is 0 Å². The summed E-state index contributed by atoms with van der Waals surface area (Å²) in [7, 11) is 0. The molecule has 0 spiro atoms. The fraction of sp³-hybridized carbons (Fsp3) is 0.429. The highest BCUT2D eigenvalue weighted by Crippen LogP contribution is 2.18. The van der Waals surface area contributed by atoms with Crippen LogP contribution >= 0.6 is 11.3 Å². The molecule has 0 saturated heterocycles. The zero-order chi connectivity index (χ0) is 12.0. The van der Waals surface area contributed by atoms with Gasteiger partial charge in [-0.1, -0.05) is 33.8 Å². The molecule has 1 nitrogen and oxygen atoms in total. The Hall–Kier alpha value is -1.02. The van der Waals surface area contributed by atoms with Gasteiger partial charge in [-0.2, -0.15) is 0 Å². The lowest BCUT2D eigenvalue weighted by atomic mass is 10.2. The maximum Gasteiger partial charge on any atom is 0.106 e. The van der Waals surface area contributed by atoms with E-state index in [1.54, 1.807) is 6.26 Å². The lowest BCUT2D eigenvalue weighted by Gasteiger charge is -1.95. The molecule has 2 rings (SSSR count). The molecule has 0 amide bonds. The molecule has 2 heterocycles. The van der Waals surface area contributed by atoms with Gasteiger partial charge in [-0.25, -0.2) is 0 Å². The van der Waals surface area contributed by atoms with Crippen molar-refractivity contribution in [1.29, 1.82) is 0 Å². The van der Waals surface area contributed by atoms with Gasteiger partial charge < -0.3 is 4.42 Å². The normalized spacial score (nSPS) is 10.4. The molecular formula is C14H20OS.